The molecule has 0 radical (unpaired) electrons. The summed E-state index contributed by atoms with van der Waals surface area (Å²) in [7, 11) is -4.48. The van der Waals surface area contributed by atoms with Gasteiger partial charge in [-0.05, 0) is 85.8 Å². The average molecular weight is 452 g/mol. The van der Waals surface area contributed by atoms with E-state index in [1.165, 1.54) is 61.6 Å². The molecule has 1 heterocycles. The topological polar surface area (TPSA) is 102 Å². The Hall–Kier alpha value is -0.750. The number of ether oxygens (including phenoxy) is 1. The van der Waals surface area contributed by atoms with Gasteiger partial charge in [0.15, 0.2) is 0 Å². The van der Waals surface area contributed by atoms with Crippen molar-refractivity contribution in [1.82, 2.24) is 0 Å². The number of nitrogens with two attached hydrogens (primary N) is 1. The molecule has 3 atom stereocenters. The SMILES string of the molecule is N[C@]1(COP(=O)(O)O)CC[C@H](c2ccc3c(c2)CC[C@@H](CCCC2CCOCC2)C3)C1. The molecular formula is C24H38NO5P. The van der Waals surface area contributed by atoms with Crippen LogP contribution in [0, 0.1) is 11.8 Å². The molecule has 1 saturated heterocycles. The van der Waals surface area contributed by atoms with Gasteiger partial charge in [-0.2, -0.15) is 0 Å². The highest BCUT2D eigenvalue weighted by atomic mass is 31.2. The molecule has 4 N–H and O–H groups in total. The molecule has 1 aromatic rings. The Balaban J connectivity index is 1.27. The normalized spacial score (nSPS) is 29.8. The third-order valence-electron chi connectivity index (χ3n) is 7.76. The van der Waals surface area contributed by atoms with Gasteiger partial charge in [-0.3, -0.25) is 4.52 Å². The first-order valence-electron chi connectivity index (χ1n) is 12.0. The van der Waals surface area contributed by atoms with Gasteiger partial charge in [0, 0.05) is 18.8 Å². The molecule has 0 spiro atoms. The van der Waals surface area contributed by atoms with E-state index in [0.29, 0.717) is 12.3 Å². The van der Waals surface area contributed by atoms with Gasteiger partial charge in [0.05, 0.1) is 6.61 Å². The van der Waals surface area contributed by atoms with E-state index in [4.69, 9.17) is 24.8 Å². The standard InChI is InChI=1S/C24H38NO5P/c25-24(17-30-31(26,27)28)11-8-23(16-24)22-7-6-20-14-19(4-5-21(20)15-22)3-1-2-18-9-12-29-13-10-18/h6-7,15,18-19,23H,1-5,8-14,16-17,25H2,(H2,26,27,28)/t19-,23+,24-/m1/s1. The van der Waals surface area contributed by atoms with E-state index in [0.717, 1.165) is 44.3 Å². The summed E-state index contributed by atoms with van der Waals surface area (Å²) in [5.74, 6) is 2.03. The van der Waals surface area contributed by atoms with Crippen molar-refractivity contribution in [3.8, 4) is 0 Å². The molecule has 3 aliphatic rings. The Morgan fingerprint density at radius 2 is 1.87 bits per heavy atom. The number of hydrogen-bond acceptors (Lipinski definition) is 4. The second-order valence-corrected chi connectivity index (χ2v) is 11.4. The van der Waals surface area contributed by atoms with Crippen LogP contribution in [0.5, 0.6) is 0 Å². The van der Waals surface area contributed by atoms with Gasteiger partial charge < -0.3 is 20.3 Å². The largest absolute Gasteiger partial charge is 0.469 e. The van der Waals surface area contributed by atoms with Crippen molar-refractivity contribution in [2.45, 2.75) is 82.1 Å². The minimum Gasteiger partial charge on any atom is -0.381 e. The van der Waals surface area contributed by atoms with E-state index in [1.807, 2.05) is 0 Å². The highest BCUT2D eigenvalue weighted by Gasteiger charge is 2.38. The van der Waals surface area contributed by atoms with Gasteiger partial charge in [-0.15, -0.1) is 0 Å². The number of rotatable bonds is 8. The van der Waals surface area contributed by atoms with Crippen LogP contribution in [0.4, 0.5) is 0 Å². The van der Waals surface area contributed by atoms with Crippen LogP contribution in [-0.2, 0) is 26.7 Å². The first-order valence-corrected chi connectivity index (χ1v) is 13.5. The Morgan fingerprint density at radius 3 is 2.65 bits per heavy atom. The van der Waals surface area contributed by atoms with Crippen molar-refractivity contribution < 1.29 is 23.6 Å². The Kier molecular flexibility index (Phi) is 7.57. The van der Waals surface area contributed by atoms with Gasteiger partial charge in [0.25, 0.3) is 0 Å². The number of fused-ring (bicyclic) bond motifs is 1. The molecule has 31 heavy (non-hydrogen) atoms. The van der Waals surface area contributed by atoms with Crippen molar-refractivity contribution in [2.75, 3.05) is 19.8 Å². The Morgan fingerprint density at radius 1 is 1.10 bits per heavy atom. The highest BCUT2D eigenvalue weighted by Crippen LogP contribution is 2.44. The van der Waals surface area contributed by atoms with Crippen LogP contribution >= 0.6 is 7.82 Å². The molecule has 0 aromatic heterocycles. The zero-order valence-corrected chi connectivity index (χ0v) is 19.4. The van der Waals surface area contributed by atoms with Gasteiger partial charge in [-0.1, -0.05) is 37.5 Å². The molecule has 1 aliphatic heterocycles. The zero-order chi connectivity index (χ0) is 21.9. The molecule has 174 valence electrons. The van der Waals surface area contributed by atoms with Gasteiger partial charge in [0.2, 0.25) is 0 Å². The van der Waals surface area contributed by atoms with Crippen molar-refractivity contribution in [2.24, 2.45) is 17.6 Å². The molecule has 1 aromatic carbocycles. The smallest absolute Gasteiger partial charge is 0.381 e. The maximum atomic E-state index is 11.0. The van der Waals surface area contributed by atoms with Gasteiger partial charge in [0.1, 0.15) is 0 Å². The molecule has 2 fully saturated rings. The molecule has 4 rings (SSSR count). The van der Waals surface area contributed by atoms with E-state index < -0.39 is 13.4 Å². The average Bonchev–Trinajstić information content (AvgIpc) is 3.15. The lowest BCUT2D eigenvalue weighted by Gasteiger charge is -2.27. The quantitative estimate of drug-likeness (QED) is 0.504. The monoisotopic (exact) mass is 451 g/mol. The Labute approximate surface area is 186 Å². The summed E-state index contributed by atoms with van der Waals surface area (Å²) in [5.41, 5.74) is 10.0. The van der Waals surface area contributed by atoms with E-state index in [9.17, 15) is 4.57 Å². The van der Waals surface area contributed by atoms with Crippen LogP contribution < -0.4 is 5.73 Å². The number of benzene rings is 1. The zero-order valence-electron chi connectivity index (χ0n) is 18.5. The maximum Gasteiger partial charge on any atom is 0.469 e. The molecule has 7 heteroatoms. The molecule has 0 amide bonds. The fraction of sp³-hybridized carbons (Fsp3) is 0.750. The van der Waals surface area contributed by atoms with E-state index in [1.54, 1.807) is 0 Å². The van der Waals surface area contributed by atoms with Crippen molar-refractivity contribution >= 4 is 7.82 Å². The minimum absolute atomic E-state index is 0.0890. The summed E-state index contributed by atoms with van der Waals surface area (Å²) in [5, 5.41) is 0. The summed E-state index contributed by atoms with van der Waals surface area (Å²) in [6.07, 6.45) is 12.6. The maximum absolute atomic E-state index is 11.0. The van der Waals surface area contributed by atoms with Crippen LogP contribution in [0.3, 0.4) is 0 Å². The summed E-state index contributed by atoms with van der Waals surface area (Å²) in [4.78, 5) is 18.0. The second kappa shape index (κ2) is 10.0. The fourth-order valence-electron chi connectivity index (χ4n) is 5.87. The molecule has 0 bridgehead atoms. The third kappa shape index (κ3) is 6.63. The lowest BCUT2D eigenvalue weighted by molar-refractivity contribution is 0.0627. The summed E-state index contributed by atoms with van der Waals surface area (Å²) >= 11 is 0. The molecular weight excluding hydrogens is 413 g/mol. The van der Waals surface area contributed by atoms with E-state index in [2.05, 4.69) is 18.2 Å². The Bertz CT molecular complexity index is 790. The lowest BCUT2D eigenvalue weighted by Crippen LogP contribution is -2.41. The van der Waals surface area contributed by atoms with Crippen molar-refractivity contribution in [1.29, 1.82) is 0 Å². The van der Waals surface area contributed by atoms with Crippen LogP contribution in [0.15, 0.2) is 18.2 Å². The predicted octanol–water partition coefficient (Wildman–Crippen LogP) is 4.46. The second-order valence-electron chi connectivity index (χ2n) is 10.2. The number of phosphoric acid groups is 1. The molecule has 0 unspecified atom stereocenters. The number of hydrogen-bond donors (Lipinski definition) is 3. The van der Waals surface area contributed by atoms with Crippen LogP contribution in [0.25, 0.3) is 0 Å². The van der Waals surface area contributed by atoms with Crippen LogP contribution in [0.2, 0.25) is 0 Å². The summed E-state index contributed by atoms with van der Waals surface area (Å²) in [6, 6.07) is 6.94. The minimum atomic E-state index is -4.48. The molecule has 1 saturated carbocycles. The molecule has 6 nitrogen and oxygen atoms in total. The van der Waals surface area contributed by atoms with Crippen molar-refractivity contribution in [3.63, 3.8) is 0 Å². The third-order valence-corrected chi connectivity index (χ3v) is 8.23. The highest BCUT2D eigenvalue weighted by molar-refractivity contribution is 7.46. The van der Waals surface area contributed by atoms with Crippen LogP contribution in [0.1, 0.15) is 80.4 Å². The van der Waals surface area contributed by atoms with Crippen molar-refractivity contribution in [3.05, 3.63) is 34.9 Å². The number of aryl methyl sites for hydroxylation is 1. The lowest BCUT2D eigenvalue weighted by atomic mass is 9.79. The predicted molar refractivity (Wildman–Crippen MR) is 121 cm³/mol. The molecule has 2 aliphatic carbocycles. The summed E-state index contributed by atoms with van der Waals surface area (Å²) < 4.78 is 21.2. The first kappa shape index (κ1) is 23.4. The number of phosphoric ester groups is 1. The van der Waals surface area contributed by atoms with E-state index in [-0.39, 0.29) is 6.61 Å². The summed E-state index contributed by atoms with van der Waals surface area (Å²) in [6.45, 7) is 1.81. The van der Waals surface area contributed by atoms with Gasteiger partial charge in [-0.25, -0.2) is 4.57 Å². The van der Waals surface area contributed by atoms with E-state index >= 15 is 0 Å². The first-order chi connectivity index (χ1) is 14.8. The fourth-order valence-corrected chi connectivity index (χ4v) is 6.29. The van der Waals surface area contributed by atoms with Gasteiger partial charge >= 0.3 is 7.82 Å². The van der Waals surface area contributed by atoms with Crippen LogP contribution in [-0.4, -0.2) is 35.1 Å².